The predicted molar refractivity (Wildman–Crippen MR) is 177 cm³/mol. The van der Waals surface area contributed by atoms with Crippen LogP contribution in [0.1, 0.15) is 56.4 Å². The number of hydrogen-bond donors (Lipinski definition) is 0. The van der Waals surface area contributed by atoms with E-state index in [-0.39, 0.29) is 24.8 Å². The van der Waals surface area contributed by atoms with E-state index in [0.29, 0.717) is 0 Å². The molecular formula is C37H38Cl2Zr. The van der Waals surface area contributed by atoms with Gasteiger partial charge < -0.3 is 0 Å². The third kappa shape index (κ3) is 9.04. The second kappa shape index (κ2) is 16.7. The SMILES string of the molecule is CC1=[C-]CC(C)=C1.CCc1ccc2c(c1)[cH-]c1cc(CC)ccc12.Cl.Cl.[Zr+2]=[C](c1ccccc1)c1ccccc1. The molecule has 5 aromatic rings. The first-order valence-corrected chi connectivity index (χ1v) is 14.8. The minimum absolute atomic E-state index is 0. The molecule has 0 aliphatic heterocycles. The van der Waals surface area contributed by atoms with Crippen LogP contribution in [0.15, 0.2) is 120 Å². The molecule has 0 nitrogen and oxygen atoms in total. The van der Waals surface area contributed by atoms with Crippen molar-refractivity contribution < 1.29 is 24.2 Å². The summed E-state index contributed by atoms with van der Waals surface area (Å²) in [5.41, 5.74) is 8.22. The van der Waals surface area contributed by atoms with Crippen molar-refractivity contribution in [3.05, 3.63) is 149 Å². The second-order valence-corrected chi connectivity index (χ2v) is 11.1. The number of benzene rings is 4. The number of fused-ring (bicyclic) bond motifs is 3. The number of allylic oxidation sites excluding steroid dienone is 4. The van der Waals surface area contributed by atoms with Crippen molar-refractivity contribution in [3.8, 4) is 0 Å². The summed E-state index contributed by atoms with van der Waals surface area (Å²) in [6.07, 6.45) is 8.63. The number of halogens is 2. The molecule has 0 unspecified atom stereocenters. The van der Waals surface area contributed by atoms with Gasteiger partial charge >= 0.3 is 99.2 Å². The fourth-order valence-electron chi connectivity index (χ4n) is 4.69. The van der Waals surface area contributed by atoms with Gasteiger partial charge in [0.05, 0.1) is 0 Å². The van der Waals surface area contributed by atoms with E-state index in [1.165, 1.54) is 82.4 Å². The minimum atomic E-state index is 0. The Bertz CT molecular complexity index is 1470. The Balaban J connectivity index is 0.000000221. The summed E-state index contributed by atoms with van der Waals surface area (Å²) in [4.78, 5) is 0. The van der Waals surface area contributed by atoms with Gasteiger partial charge in [0.1, 0.15) is 0 Å². The van der Waals surface area contributed by atoms with Gasteiger partial charge in [-0.15, -0.1) is 71.0 Å². The number of aryl methyl sites for hydroxylation is 2. The van der Waals surface area contributed by atoms with E-state index >= 15 is 0 Å². The van der Waals surface area contributed by atoms with Crippen LogP contribution in [-0.2, 0) is 37.1 Å². The summed E-state index contributed by atoms with van der Waals surface area (Å²) in [6.45, 7) is 8.62. The zero-order valence-corrected chi connectivity index (χ0v) is 27.9. The first kappa shape index (κ1) is 33.8. The van der Waals surface area contributed by atoms with Crippen molar-refractivity contribution in [2.24, 2.45) is 0 Å². The van der Waals surface area contributed by atoms with Crippen LogP contribution in [0.25, 0.3) is 21.5 Å². The summed E-state index contributed by atoms with van der Waals surface area (Å²) in [6, 6.07) is 37.1. The van der Waals surface area contributed by atoms with E-state index in [9.17, 15) is 0 Å². The van der Waals surface area contributed by atoms with E-state index in [1.807, 2.05) is 0 Å². The summed E-state index contributed by atoms with van der Waals surface area (Å²) in [7, 11) is 0. The molecule has 0 saturated heterocycles. The molecule has 0 radical (unpaired) electrons. The van der Waals surface area contributed by atoms with Crippen LogP contribution in [0.3, 0.4) is 0 Å². The molecule has 0 spiro atoms. The Morgan fingerprint density at radius 2 is 1.15 bits per heavy atom. The van der Waals surface area contributed by atoms with Crippen molar-refractivity contribution in [1.29, 1.82) is 0 Å². The predicted octanol–water partition coefficient (Wildman–Crippen LogP) is 10.6. The molecule has 0 bridgehead atoms. The third-order valence-corrected chi connectivity index (χ3v) is 8.30. The summed E-state index contributed by atoms with van der Waals surface area (Å²) in [5.74, 6) is 0. The molecule has 0 fully saturated rings. The maximum absolute atomic E-state index is 3.19. The first-order chi connectivity index (χ1) is 18.5. The van der Waals surface area contributed by atoms with Crippen molar-refractivity contribution in [3.63, 3.8) is 0 Å². The topological polar surface area (TPSA) is 0 Å². The monoisotopic (exact) mass is 642 g/mol. The molecule has 0 amide bonds. The van der Waals surface area contributed by atoms with Crippen LogP contribution in [0.5, 0.6) is 0 Å². The molecule has 0 saturated carbocycles. The van der Waals surface area contributed by atoms with Crippen LogP contribution >= 0.6 is 24.8 Å². The average molecular weight is 645 g/mol. The Labute approximate surface area is 267 Å². The maximum atomic E-state index is 3.19. The van der Waals surface area contributed by atoms with Gasteiger partial charge in [-0.05, 0) is 12.8 Å². The Kier molecular flexibility index (Phi) is 14.1. The van der Waals surface area contributed by atoms with E-state index in [4.69, 9.17) is 0 Å². The fraction of sp³-hybridized carbons (Fsp3) is 0.189. The average Bonchev–Trinajstić information content (AvgIpc) is 3.54. The van der Waals surface area contributed by atoms with E-state index < -0.39 is 0 Å². The van der Waals surface area contributed by atoms with Crippen molar-refractivity contribution >= 4 is 49.6 Å². The normalized spacial score (nSPS) is 11.7. The van der Waals surface area contributed by atoms with Gasteiger partial charge in [-0.25, -0.2) is 11.6 Å². The van der Waals surface area contributed by atoms with Gasteiger partial charge in [0.2, 0.25) is 0 Å². The van der Waals surface area contributed by atoms with Crippen molar-refractivity contribution in [2.45, 2.75) is 47.0 Å². The van der Waals surface area contributed by atoms with Gasteiger partial charge in [0.25, 0.3) is 0 Å². The Morgan fingerprint density at radius 1 is 0.700 bits per heavy atom. The quantitative estimate of drug-likeness (QED) is 0.171. The molecular weight excluding hydrogens is 607 g/mol. The van der Waals surface area contributed by atoms with Crippen molar-refractivity contribution in [2.75, 3.05) is 0 Å². The molecule has 3 heteroatoms. The first-order valence-electron chi connectivity index (χ1n) is 13.5. The molecule has 204 valence electrons. The molecule has 0 atom stereocenters. The van der Waals surface area contributed by atoms with Crippen molar-refractivity contribution in [1.82, 2.24) is 0 Å². The molecule has 1 aliphatic rings. The standard InChI is InChI=1S/C17H17.C13H10.C7H9.2ClH.Zr/c1-3-12-5-7-16-14(9-12)11-15-10-13(4-2)6-8-17(15)16;1-3-7-12(8-4-1)11-13-9-5-2-6-10-13;1-6-3-4-7(2)5-6;;;/h5-11H,3-4H2,1-2H3;1-10H;5H,3H2,1-2H3;2*1H;/q-1;;-1;;;+2. The Morgan fingerprint density at radius 3 is 1.48 bits per heavy atom. The van der Waals surface area contributed by atoms with Gasteiger partial charge in [0, 0.05) is 0 Å². The third-order valence-electron chi connectivity index (χ3n) is 6.88. The van der Waals surface area contributed by atoms with Gasteiger partial charge in [0.15, 0.2) is 0 Å². The van der Waals surface area contributed by atoms with Crippen LogP contribution in [-0.4, -0.2) is 3.21 Å². The van der Waals surface area contributed by atoms with E-state index in [2.05, 4.69) is 143 Å². The molecule has 0 aromatic heterocycles. The van der Waals surface area contributed by atoms with Gasteiger partial charge in [-0.3, -0.25) is 6.08 Å². The van der Waals surface area contributed by atoms with Crippen LogP contribution in [0.4, 0.5) is 0 Å². The zero-order chi connectivity index (χ0) is 26.9. The van der Waals surface area contributed by atoms with Crippen LogP contribution < -0.4 is 0 Å². The molecule has 0 heterocycles. The molecule has 5 aromatic carbocycles. The second-order valence-electron chi connectivity index (χ2n) is 9.83. The fourth-order valence-corrected chi connectivity index (χ4v) is 5.51. The molecule has 1 aliphatic carbocycles. The van der Waals surface area contributed by atoms with Gasteiger partial charge in [-0.1, -0.05) is 63.1 Å². The molecule has 6 rings (SSSR count). The number of rotatable bonds is 4. The summed E-state index contributed by atoms with van der Waals surface area (Å²) < 4.78 is 1.42. The molecule has 40 heavy (non-hydrogen) atoms. The zero-order valence-electron chi connectivity index (χ0n) is 23.8. The number of hydrogen-bond acceptors (Lipinski definition) is 0. The Hall–Kier alpha value is -2.44. The van der Waals surface area contributed by atoms with Crippen LogP contribution in [0.2, 0.25) is 0 Å². The van der Waals surface area contributed by atoms with E-state index in [1.54, 1.807) is 0 Å². The summed E-state index contributed by atoms with van der Waals surface area (Å²) in [5, 5.41) is 5.54. The molecule has 0 N–H and O–H groups in total. The van der Waals surface area contributed by atoms with Crippen LogP contribution in [0, 0.1) is 6.08 Å². The van der Waals surface area contributed by atoms with E-state index in [0.717, 1.165) is 19.3 Å². The summed E-state index contributed by atoms with van der Waals surface area (Å²) >= 11 is 1.46. The van der Waals surface area contributed by atoms with Gasteiger partial charge in [-0.2, -0.15) is 5.57 Å².